The highest BCUT2D eigenvalue weighted by atomic mass is 35.5. The van der Waals surface area contributed by atoms with Gasteiger partial charge in [0.2, 0.25) is 5.78 Å². The van der Waals surface area contributed by atoms with Crippen molar-refractivity contribution in [1.29, 1.82) is 0 Å². The molecule has 192 valence electrons. The summed E-state index contributed by atoms with van der Waals surface area (Å²) in [5.41, 5.74) is 4.40. The quantitative estimate of drug-likeness (QED) is 0.216. The minimum Gasteiger partial charge on any atom is -0.503 e. The second-order valence-corrected chi connectivity index (χ2v) is 9.85. The Hall–Kier alpha value is -4.81. The van der Waals surface area contributed by atoms with Crippen LogP contribution in [-0.4, -0.2) is 16.8 Å². The summed E-state index contributed by atoms with van der Waals surface area (Å²) in [5, 5.41) is 15.6. The van der Waals surface area contributed by atoms with E-state index in [1.54, 1.807) is 36.4 Å². The van der Waals surface area contributed by atoms with E-state index in [-0.39, 0.29) is 11.3 Å². The number of aliphatic hydroxyl groups is 1. The molecule has 0 bridgehead atoms. The normalized spacial score (nSPS) is 15.3. The van der Waals surface area contributed by atoms with Crippen molar-refractivity contribution in [2.24, 2.45) is 0 Å². The van der Waals surface area contributed by atoms with Crippen LogP contribution in [0.5, 0.6) is 0 Å². The van der Waals surface area contributed by atoms with E-state index in [2.05, 4.69) is 5.32 Å². The van der Waals surface area contributed by atoms with Crippen molar-refractivity contribution in [1.82, 2.24) is 0 Å². The molecule has 1 atom stereocenters. The number of halogens is 1. The fourth-order valence-electron chi connectivity index (χ4n) is 4.91. The number of nitrogens with zero attached hydrogens (tertiary/aromatic N) is 1. The number of amides is 1. The largest absolute Gasteiger partial charge is 0.503 e. The summed E-state index contributed by atoms with van der Waals surface area (Å²) in [6.45, 7) is 1.93. The molecule has 0 radical (unpaired) electrons. The van der Waals surface area contributed by atoms with Crippen LogP contribution in [0.3, 0.4) is 0 Å². The molecule has 1 aromatic heterocycles. The van der Waals surface area contributed by atoms with Crippen LogP contribution in [0.25, 0.3) is 11.0 Å². The molecule has 0 saturated carbocycles. The number of aryl methyl sites for hydroxylation is 1. The number of Topliss-reactive ketones (excluding diaryl/α,β-unsaturated/α-hetero) is 1. The fraction of sp³-hybridized carbons (Fsp3) is 0.0625. The lowest BCUT2D eigenvalue weighted by Crippen LogP contribution is -2.31. The van der Waals surface area contributed by atoms with Crippen LogP contribution in [0.1, 0.15) is 27.7 Å². The third-order valence-corrected chi connectivity index (χ3v) is 6.96. The summed E-state index contributed by atoms with van der Waals surface area (Å²) in [4.78, 5) is 28.8. The molecule has 7 heteroatoms. The highest BCUT2D eigenvalue weighted by molar-refractivity contribution is 6.31. The van der Waals surface area contributed by atoms with E-state index in [1.807, 2.05) is 73.7 Å². The summed E-state index contributed by atoms with van der Waals surface area (Å²) in [6, 6.07) is 30.3. The molecule has 0 aliphatic carbocycles. The maximum Gasteiger partial charge on any atom is 0.294 e. The number of rotatable bonds is 6. The first-order valence-electron chi connectivity index (χ1n) is 12.4. The lowest BCUT2D eigenvalue weighted by Gasteiger charge is -2.27. The Kier molecular flexibility index (Phi) is 6.17. The van der Waals surface area contributed by atoms with E-state index >= 15 is 0 Å². The maximum absolute atomic E-state index is 13.8. The van der Waals surface area contributed by atoms with Crippen LogP contribution < -0.4 is 10.2 Å². The van der Waals surface area contributed by atoms with Crippen molar-refractivity contribution >= 4 is 51.3 Å². The highest BCUT2D eigenvalue weighted by Gasteiger charge is 2.45. The minimum absolute atomic E-state index is 0.0172. The van der Waals surface area contributed by atoms with Crippen LogP contribution >= 0.6 is 11.6 Å². The van der Waals surface area contributed by atoms with Gasteiger partial charge in [0.15, 0.2) is 11.5 Å². The summed E-state index contributed by atoms with van der Waals surface area (Å²) in [5.74, 6) is -1.81. The second-order valence-electron chi connectivity index (χ2n) is 9.41. The molecule has 1 amide bonds. The number of aliphatic hydroxyl groups excluding tert-OH is 1. The lowest BCUT2D eigenvalue weighted by molar-refractivity contribution is -0.117. The number of hydrogen-bond acceptors (Lipinski definition) is 5. The molecule has 5 aromatic rings. The lowest BCUT2D eigenvalue weighted by atomic mass is 9.94. The zero-order valence-corrected chi connectivity index (χ0v) is 21.6. The van der Waals surface area contributed by atoms with Gasteiger partial charge < -0.3 is 14.8 Å². The number of anilines is 3. The van der Waals surface area contributed by atoms with E-state index in [4.69, 9.17) is 16.0 Å². The van der Waals surface area contributed by atoms with E-state index in [1.165, 1.54) is 4.90 Å². The van der Waals surface area contributed by atoms with E-state index < -0.39 is 23.5 Å². The summed E-state index contributed by atoms with van der Waals surface area (Å²) < 4.78 is 5.81. The van der Waals surface area contributed by atoms with Gasteiger partial charge in [-0.3, -0.25) is 14.5 Å². The number of furan rings is 1. The van der Waals surface area contributed by atoms with Gasteiger partial charge in [0.25, 0.3) is 5.91 Å². The molecule has 4 aromatic carbocycles. The van der Waals surface area contributed by atoms with E-state index in [0.29, 0.717) is 27.2 Å². The molecule has 0 spiro atoms. The summed E-state index contributed by atoms with van der Waals surface area (Å²) in [7, 11) is 0. The SMILES string of the molecule is Cc1cccc(C2C(C(=O)c3cc4cc(Cl)ccc4o3)=C(O)C(=O)N2c2ccc(Nc3ccccc3)cc2)c1. The topological polar surface area (TPSA) is 82.8 Å². The maximum atomic E-state index is 13.8. The van der Waals surface area contributed by atoms with Crippen molar-refractivity contribution in [2.45, 2.75) is 13.0 Å². The zero-order valence-electron chi connectivity index (χ0n) is 20.9. The van der Waals surface area contributed by atoms with Crippen LogP contribution in [0, 0.1) is 6.92 Å². The van der Waals surface area contributed by atoms with Gasteiger partial charge in [-0.25, -0.2) is 0 Å². The molecule has 1 unspecified atom stereocenters. The molecule has 2 N–H and O–H groups in total. The minimum atomic E-state index is -0.852. The molecule has 0 saturated heterocycles. The Morgan fingerprint density at radius 2 is 1.64 bits per heavy atom. The molecule has 1 aliphatic heterocycles. The van der Waals surface area contributed by atoms with Crippen LogP contribution in [0.4, 0.5) is 17.1 Å². The third-order valence-electron chi connectivity index (χ3n) is 6.72. The van der Waals surface area contributed by atoms with Gasteiger partial charge in [0.05, 0.1) is 11.6 Å². The number of carbonyl (C=O) groups is 2. The molecule has 6 rings (SSSR count). The van der Waals surface area contributed by atoms with Crippen LogP contribution in [0.15, 0.2) is 119 Å². The van der Waals surface area contributed by atoms with Gasteiger partial charge in [-0.15, -0.1) is 0 Å². The highest BCUT2D eigenvalue weighted by Crippen LogP contribution is 2.43. The first kappa shape index (κ1) is 24.5. The van der Waals surface area contributed by atoms with Crippen LogP contribution in [0.2, 0.25) is 5.02 Å². The molecular formula is C32H23ClN2O4. The van der Waals surface area contributed by atoms with Gasteiger partial charge >= 0.3 is 0 Å². The number of carbonyl (C=O) groups excluding carboxylic acids is 2. The smallest absolute Gasteiger partial charge is 0.294 e. The Morgan fingerprint density at radius 3 is 2.38 bits per heavy atom. The Bertz CT molecular complexity index is 1760. The van der Waals surface area contributed by atoms with Gasteiger partial charge in [-0.2, -0.15) is 0 Å². The van der Waals surface area contributed by atoms with Crippen molar-refractivity contribution in [3.8, 4) is 0 Å². The molecular weight excluding hydrogens is 512 g/mol. The number of hydrogen-bond donors (Lipinski definition) is 2. The first-order valence-corrected chi connectivity index (χ1v) is 12.8. The Balaban J connectivity index is 1.40. The second kappa shape index (κ2) is 9.82. The predicted octanol–water partition coefficient (Wildman–Crippen LogP) is 7.92. The summed E-state index contributed by atoms with van der Waals surface area (Å²) >= 11 is 6.11. The number of para-hydroxylation sites is 1. The van der Waals surface area contributed by atoms with Gasteiger partial charge in [0.1, 0.15) is 5.58 Å². The van der Waals surface area contributed by atoms with E-state index in [9.17, 15) is 14.7 Å². The van der Waals surface area contributed by atoms with Gasteiger partial charge in [-0.1, -0.05) is 59.6 Å². The van der Waals surface area contributed by atoms with Crippen molar-refractivity contribution in [3.05, 3.63) is 136 Å². The molecule has 2 heterocycles. The van der Waals surface area contributed by atoms with Gasteiger partial charge in [-0.05, 0) is 73.2 Å². The number of ketones is 1. The van der Waals surface area contributed by atoms with E-state index in [0.717, 1.165) is 16.9 Å². The predicted molar refractivity (Wildman–Crippen MR) is 153 cm³/mol. The molecule has 6 nitrogen and oxygen atoms in total. The van der Waals surface area contributed by atoms with Crippen LogP contribution in [-0.2, 0) is 4.79 Å². The standard InChI is InChI=1S/C32H23ClN2O4/c1-19-6-5-7-20(16-19)29-28(30(36)27-18-21-17-22(33)10-15-26(21)39-27)31(37)32(38)35(29)25-13-11-24(12-14-25)34-23-8-3-2-4-9-23/h2-18,29,34,37H,1H3. The third kappa shape index (κ3) is 4.56. The first-order chi connectivity index (χ1) is 18.9. The average molecular weight is 535 g/mol. The van der Waals surface area contributed by atoms with Crippen molar-refractivity contribution in [3.63, 3.8) is 0 Å². The zero-order chi connectivity index (χ0) is 27.1. The fourth-order valence-corrected chi connectivity index (χ4v) is 5.09. The Labute approximate surface area is 229 Å². The molecule has 39 heavy (non-hydrogen) atoms. The monoisotopic (exact) mass is 534 g/mol. The number of nitrogens with one attached hydrogen (secondary N) is 1. The Morgan fingerprint density at radius 1 is 0.897 bits per heavy atom. The van der Waals surface area contributed by atoms with Crippen molar-refractivity contribution < 1.29 is 19.1 Å². The molecule has 1 aliphatic rings. The van der Waals surface area contributed by atoms with Gasteiger partial charge in [0, 0.05) is 27.5 Å². The summed E-state index contributed by atoms with van der Waals surface area (Å²) in [6.07, 6.45) is 0. The number of fused-ring (bicyclic) bond motifs is 1. The average Bonchev–Trinajstić information content (AvgIpc) is 3.48. The van der Waals surface area contributed by atoms with Crippen molar-refractivity contribution in [2.75, 3.05) is 10.2 Å². The number of benzene rings is 4. The molecule has 0 fully saturated rings.